The third kappa shape index (κ3) is 5.05. The Morgan fingerprint density at radius 3 is 2.05 bits per heavy atom. The Bertz CT molecular complexity index is 1440. The molecule has 2 aliphatic rings. The third-order valence-electron chi connectivity index (χ3n) is 6.99. The highest BCUT2D eigenvalue weighted by molar-refractivity contribution is 6.13. The summed E-state index contributed by atoms with van der Waals surface area (Å²) in [7, 11) is 0. The molecule has 4 nitrogen and oxygen atoms in total. The highest BCUT2D eigenvalue weighted by atomic mass is 19.4. The van der Waals surface area contributed by atoms with Crippen molar-refractivity contribution in [2.45, 2.75) is 37.2 Å². The lowest BCUT2D eigenvalue weighted by Crippen LogP contribution is -2.49. The minimum atomic E-state index is -5.35. The summed E-state index contributed by atoms with van der Waals surface area (Å²) in [5.41, 5.74) is -0.513. The van der Waals surface area contributed by atoms with E-state index in [0.717, 1.165) is 12.1 Å². The second-order valence-corrected chi connectivity index (χ2v) is 9.43. The van der Waals surface area contributed by atoms with Crippen LogP contribution in [0, 0.1) is 11.7 Å². The van der Waals surface area contributed by atoms with Crippen molar-refractivity contribution in [1.82, 2.24) is 0 Å². The summed E-state index contributed by atoms with van der Waals surface area (Å²) in [6.07, 6.45) is -10.1. The highest BCUT2D eigenvalue weighted by Gasteiger charge is 2.52. The number of aliphatic imine (C=N–C) groups is 1. The molecule has 0 N–H and O–H groups in total. The van der Waals surface area contributed by atoms with Gasteiger partial charge in [0.05, 0.1) is 28.9 Å². The Balaban J connectivity index is 1.69. The van der Waals surface area contributed by atoms with Crippen LogP contribution in [0.3, 0.4) is 0 Å². The zero-order valence-electron chi connectivity index (χ0n) is 19.9. The van der Waals surface area contributed by atoms with Gasteiger partial charge in [0.2, 0.25) is 0 Å². The summed E-state index contributed by atoms with van der Waals surface area (Å²) < 4.78 is 94.9. The largest absolute Gasteiger partial charge is 0.471 e. The summed E-state index contributed by atoms with van der Waals surface area (Å²) in [5.74, 6) is -5.10. The molecule has 39 heavy (non-hydrogen) atoms. The number of amides is 1. The number of hydrogen-bond acceptors (Lipinski definition) is 3. The number of ketones is 1. The quantitative estimate of drug-likeness (QED) is 0.315. The van der Waals surface area contributed by atoms with Gasteiger partial charge < -0.3 is 0 Å². The number of hydrogen-bond donors (Lipinski definition) is 0. The molecule has 0 spiro atoms. The molecule has 1 aliphatic carbocycles. The Morgan fingerprint density at radius 1 is 0.821 bits per heavy atom. The summed E-state index contributed by atoms with van der Waals surface area (Å²) in [4.78, 5) is 31.5. The number of Topliss-reactive ketones (excluding diaryl/α,β-unsaturated/α-hetero) is 1. The van der Waals surface area contributed by atoms with Gasteiger partial charge in [0.25, 0.3) is 0 Å². The first-order chi connectivity index (χ1) is 18.3. The maximum Gasteiger partial charge on any atom is 0.471 e. The second kappa shape index (κ2) is 9.62. The Kier molecular flexibility index (Phi) is 6.56. The van der Waals surface area contributed by atoms with Crippen molar-refractivity contribution in [3.63, 3.8) is 0 Å². The van der Waals surface area contributed by atoms with E-state index >= 15 is 0 Å². The molecule has 3 aromatic carbocycles. The van der Waals surface area contributed by atoms with E-state index in [0.29, 0.717) is 22.6 Å². The van der Waals surface area contributed by atoms with Crippen molar-refractivity contribution in [3.8, 4) is 0 Å². The molecule has 202 valence electrons. The predicted molar refractivity (Wildman–Crippen MR) is 128 cm³/mol. The first-order valence-electron chi connectivity index (χ1n) is 11.9. The highest BCUT2D eigenvalue weighted by Crippen LogP contribution is 2.48. The van der Waals surface area contributed by atoms with E-state index in [-0.39, 0.29) is 35.5 Å². The standard InChI is InChI=1S/C28H19F7N2O2/c29-19-11-7-15(8-12-19)17-13-21-24(23(38)14-17)25(16-5-9-18(10-6-16)27(30,31)32)37(26(39)28(33,34)35)22-4-2-1-3-20(22)36-21/h1-12,17,24-25H,13-14H2/t17-,24-,25-/m1/s1. The van der Waals surface area contributed by atoms with E-state index in [1.165, 1.54) is 48.5 Å². The molecule has 3 aromatic rings. The minimum Gasteiger partial charge on any atom is -0.299 e. The maximum atomic E-state index is 13.9. The summed E-state index contributed by atoms with van der Waals surface area (Å²) in [6.45, 7) is 0. The average molecular weight is 548 g/mol. The first-order valence-corrected chi connectivity index (χ1v) is 11.9. The molecule has 1 fully saturated rings. The molecule has 1 heterocycles. The van der Waals surface area contributed by atoms with Gasteiger partial charge in [-0.2, -0.15) is 26.3 Å². The van der Waals surface area contributed by atoms with Crippen molar-refractivity contribution in [1.29, 1.82) is 0 Å². The zero-order chi connectivity index (χ0) is 28.1. The topological polar surface area (TPSA) is 49.7 Å². The van der Waals surface area contributed by atoms with Gasteiger partial charge in [-0.1, -0.05) is 36.4 Å². The predicted octanol–water partition coefficient (Wildman–Crippen LogP) is 7.33. The van der Waals surface area contributed by atoms with Gasteiger partial charge in [-0.25, -0.2) is 4.39 Å². The van der Waals surface area contributed by atoms with Crippen molar-refractivity contribution in [2.24, 2.45) is 10.9 Å². The van der Waals surface area contributed by atoms with Crippen LogP contribution >= 0.6 is 0 Å². The molecule has 1 saturated carbocycles. The summed E-state index contributed by atoms with van der Waals surface area (Å²) in [6, 6.07) is 12.8. The van der Waals surface area contributed by atoms with Crippen molar-refractivity contribution in [3.05, 3.63) is 95.3 Å². The average Bonchev–Trinajstić information content (AvgIpc) is 3.02. The summed E-state index contributed by atoms with van der Waals surface area (Å²) in [5, 5.41) is 0. The van der Waals surface area contributed by atoms with Gasteiger partial charge in [-0.3, -0.25) is 19.5 Å². The van der Waals surface area contributed by atoms with Gasteiger partial charge >= 0.3 is 18.3 Å². The molecular weight excluding hydrogens is 529 g/mol. The maximum absolute atomic E-state index is 13.9. The van der Waals surface area contributed by atoms with Crippen LogP contribution in [0.25, 0.3) is 0 Å². The lowest BCUT2D eigenvalue weighted by Gasteiger charge is -2.39. The lowest BCUT2D eigenvalue weighted by molar-refractivity contribution is -0.171. The second-order valence-electron chi connectivity index (χ2n) is 9.43. The zero-order valence-corrected chi connectivity index (χ0v) is 19.9. The molecule has 3 atom stereocenters. The fourth-order valence-corrected chi connectivity index (χ4v) is 5.25. The number of fused-ring (bicyclic) bond motifs is 2. The van der Waals surface area contributed by atoms with Crippen LogP contribution in [-0.2, 0) is 15.8 Å². The molecule has 0 unspecified atom stereocenters. The fraction of sp³-hybridized carbons (Fsp3) is 0.250. The van der Waals surface area contributed by atoms with E-state index in [2.05, 4.69) is 4.99 Å². The van der Waals surface area contributed by atoms with E-state index in [4.69, 9.17) is 0 Å². The molecule has 0 radical (unpaired) electrons. The van der Waals surface area contributed by atoms with Gasteiger partial charge in [0, 0.05) is 12.1 Å². The number of para-hydroxylation sites is 2. The molecular formula is C28H19F7N2O2. The van der Waals surface area contributed by atoms with Crippen LogP contribution in [0.1, 0.15) is 41.5 Å². The number of carbonyl (C=O) groups excluding carboxylic acids is 2. The molecule has 0 bridgehead atoms. The molecule has 1 aliphatic heterocycles. The van der Waals surface area contributed by atoms with Crippen LogP contribution in [0.4, 0.5) is 42.1 Å². The third-order valence-corrected chi connectivity index (χ3v) is 6.99. The SMILES string of the molecule is O=C1C[C@H](c2ccc(F)cc2)CC2=Nc3ccccc3N(C(=O)C(F)(F)F)[C@H](c3ccc(C(F)(F)F)cc3)[C@@H]12. The normalized spacial score (nSPS) is 21.5. The van der Waals surface area contributed by atoms with Gasteiger partial charge in [-0.15, -0.1) is 0 Å². The van der Waals surface area contributed by atoms with E-state index in [1.807, 2.05) is 0 Å². The smallest absolute Gasteiger partial charge is 0.299 e. The van der Waals surface area contributed by atoms with Crippen LogP contribution in [0.15, 0.2) is 77.8 Å². The van der Waals surface area contributed by atoms with E-state index in [1.54, 1.807) is 0 Å². The van der Waals surface area contributed by atoms with E-state index < -0.39 is 53.3 Å². The van der Waals surface area contributed by atoms with Crippen molar-refractivity contribution >= 4 is 28.8 Å². The van der Waals surface area contributed by atoms with Gasteiger partial charge in [0.15, 0.2) is 0 Å². The number of benzene rings is 3. The van der Waals surface area contributed by atoms with Crippen molar-refractivity contribution < 1.29 is 40.3 Å². The minimum absolute atomic E-state index is 0.0112. The Hall–Kier alpha value is -4.02. The van der Waals surface area contributed by atoms with Crippen LogP contribution in [-0.4, -0.2) is 23.6 Å². The number of rotatable bonds is 2. The van der Waals surface area contributed by atoms with Crippen LogP contribution in [0.2, 0.25) is 0 Å². The molecule has 0 aromatic heterocycles. The number of nitrogens with zero attached hydrogens (tertiary/aromatic N) is 2. The monoisotopic (exact) mass is 548 g/mol. The van der Waals surface area contributed by atoms with Crippen molar-refractivity contribution in [2.75, 3.05) is 4.90 Å². The first kappa shape index (κ1) is 26.6. The molecule has 5 rings (SSSR count). The summed E-state index contributed by atoms with van der Waals surface area (Å²) >= 11 is 0. The molecule has 0 saturated heterocycles. The Labute approximate surface area is 217 Å². The van der Waals surface area contributed by atoms with Gasteiger partial charge in [0.1, 0.15) is 11.6 Å². The number of anilines is 1. The molecule has 1 amide bonds. The number of alkyl halides is 6. The Morgan fingerprint density at radius 2 is 1.44 bits per heavy atom. The van der Waals surface area contributed by atoms with Crippen LogP contribution in [0.5, 0.6) is 0 Å². The number of halogens is 7. The number of carbonyl (C=O) groups is 2. The fourth-order valence-electron chi connectivity index (χ4n) is 5.25. The van der Waals surface area contributed by atoms with Gasteiger partial charge in [-0.05, 0) is 59.9 Å². The van der Waals surface area contributed by atoms with E-state index in [9.17, 15) is 40.3 Å². The van der Waals surface area contributed by atoms with Crippen LogP contribution < -0.4 is 4.90 Å². The molecule has 11 heteroatoms. The lowest BCUT2D eigenvalue weighted by atomic mass is 9.72.